The van der Waals surface area contributed by atoms with Gasteiger partial charge in [-0.2, -0.15) is 0 Å². The fourth-order valence-corrected chi connectivity index (χ4v) is 1.46. The van der Waals surface area contributed by atoms with Crippen molar-refractivity contribution >= 4 is 11.6 Å². The van der Waals surface area contributed by atoms with Gasteiger partial charge in [-0.1, -0.05) is 11.6 Å². The smallest absolute Gasteiger partial charge is 0.127 e. The normalized spacial score (nSPS) is 13.2. The fraction of sp³-hybridized carbons (Fsp3) is 0.455. The van der Waals surface area contributed by atoms with Crippen molar-refractivity contribution in [2.75, 3.05) is 13.6 Å². The van der Waals surface area contributed by atoms with Crippen LogP contribution in [0, 0.1) is 5.82 Å². The van der Waals surface area contributed by atoms with Crippen LogP contribution in [0.1, 0.15) is 12.5 Å². The minimum atomic E-state index is -0.226. The van der Waals surface area contributed by atoms with Crippen molar-refractivity contribution in [3.05, 3.63) is 34.6 Å². The van der Waals surface area contributed by atoms with E-state index in [0.717, 1.165) is 0 Å². The van der Waals surface area contributed by atoms with Crippen LogP contribution >= 0.6 is 11.6 Å². The quantitative estimate of drug-likeness (QED) is 0.860. The Kier molecular flexibility index (Phi) is 4.51. The van der Waals surface area contributed by atoms with Crippen LogP contribution in [-0.2, 0) is 6.54 Å². The monoisotopic (exact) mass is 230 g/mol. The molecule has 0 aromatic heterocycles. The number of hydrogen-bond acceptors (Lipinski definition) is 2. The summed E-state index contributed by atoms with van der Waals surface area (Å²) in [7, 11) is 1.91. The van der Waals surface area contributed by atoms with Gasteiger partial charge in [0.2, 0.25) is 0 Å². The third-order valence-corrected chi connectivity index (χ3v) is 2.76. The van der Waals surface area contributed by atoms with E-state index in [1.54, 1.807) is 12.1 Å². The molecule has 0 fully saturated rings. The molecule has 0 aliphatic rings. The molecule has 1 unspecified atom stereocenters. The lowest BCUT2D eigenvalue weighted by molar-refractivity contribution is 0.251. The lowest BCUT2D eigenvalue weighted by Gasteiger charge is -2.23. The van der Waals surface area contributed by atoms with E-state index >= 15 is 0 Å². The number of likely N-dealkylation sites (N-methyl/N-ethyl adjacent to an activating group) is 1. The molecule has 15 heavy (non-hydrogen) atoms. The molecule has 1 atom stereocenters. The number of hydrogen-bond donors (Lipinski definition) is 1. The largest absolute Gasteiger partial charge is 0.329 e. The molecule has 0 bridgehead atoms. The van der Waals surface area contributed by atoms with Crippen molar-refractivity contribution in [3.63, 3.8) is 0 Å². The maximum absolute atomic E-state index is 13.4. The van der Waals surface area contributed by atoms with E-state index in [0.29, 0.717) is 23.7 Å². The van der Waals surface area contributed by atoms with Crippen molar-refractivity contribution < 1.29 is 4.39 Å². The predicted octanol–water partition coefficient (Wildman–Crippen LogP) is 2.26. The van der Waals surface area contributed by atoms with Gasteiger partial charge in [0.05, 0.1) is 0 Å². The zero-order chi connectivity index (χ0) is 11.4. The van der Waals surface area contributed by atoms with Crippen molar-refractivity contribution in [1.29, 1.82) is 0 Å². The van der Waals surface area contributed by atoms with E-state index in [9.17, 15) is 4.39 Å². The van der Waals surface area contributed by atoms with Crippen LogP contribution in [0.2, 0.25) is 5.02 Å². The third kappa shape index (κ3) is 3.45. The molecule has 0 spiro atoms. The van der Waals surface area contributed by atoms with Gasteiger partial charge >= 0.3 is 0 Å². The van der Waals surface area contributed by atoms with Crippen LogP contribution in [0.15, 0.2) is 18.2 Å². The Labute approximate surface area is 94.8 Å². The zero-order valence-electron chi connectivity index (χ0n) is 9.00. The minimum absolute atomic E-state index is 0.225. The van der Waals surface area contributed by atoms with Gasteiger partial charge in [-0.25, -0.2) is 4.39 Å². The molecule has 84 valence electrons. The topological polar surface area (TPSA) is 29.3 Å². The second-order valence-corrected chi connectivity index (χ2v) is 4.17. The molecule has 1 rings (SSSR count). The summed E-state index contributed by atoms with van der Waals surface area (Å²) < 4.78 is 13.4. The van der Waals surface area contributed by atoms with Gasteiger partial charge < -0.3 is 5.73 Å². The Morgan fingerprint density at radius 2 is 2.20 bits per heavy atom. The first-order valence-corrected chi connectivity index (χ1v) is 5.26. The van der Waals surface area contributed by atoms with Crippen LogP contribution in [-0.4, -0.2) is 24.5 Å². The van der Waals surface area contributed by atoms with Crippen LogP contribution in [0.4, 0.5) is 4.39 Å². The van der Waals surface area contributed by atoms with E-state index in [-0.39, 0.29) is 11.9 Å². The Bertz CT molecular complexity index is 330. The van der Waals surface area contributed by atoms with Gasteiger partial charge in [0.1, 0.15) is 5.82 Å². The molecule has 0 heterocycles. The Balaban J connectivity index is 2.75. The maximum atomic E-state index is 13.4. The summed E-state index contributed by atoms with van der Waals surface area (Å²) in [6, 6.07) is 4.81. The highest BCUT2D eigenvalue weighted by Crippen LogP contribution is 2.16. The highest BCUT2D eigenvalue weighted by Gasteiger charge is 2.10. The second kappa shape index (κ2) is 5.45. The highest BCUT2D eigenvalue weighted by atomic mass is 35.5. The molecule has 2 nitrogen and oxygen atoms in total. The average Bonchev–Trinajstić information content (AvgIpc) is 2.22. The minimum Gasteiger partial charge on any atom is -0.329 e. The summed E-state index contributed by atoms with van der Waals surface area (Å²) in [5.74, 6) is -0.226. The Morgan fingerprint density at radius 3 is 2.80 bits per heavy atom. The standard InChI is InChI=1S/C11H16ClFN2/c1-8(6-14)15(2)7-9-5-10(12)3-4-11(9)13/h3-5,8H,6-7,14H2,1-2H3. The summed E-state index contributed by atoms with van der Waals surface area (Å²) in [6.07, 6.45) is 0. The van der Waals surface area contributed by atoms with Crippen molar-refractivity contribution in [2.24, 2.45) is 5.73 Å². The molecule has 0 radical (unpaired) electrons. The van der Waals surface area contributed by atoms with Crippen molar-refractivity contribution in [3.8, 4) is 0 Å². The molecular formula is C11H16ClFN2. The number of nitrogens with zero attached hydrogens (tertiary/aromatic N) is 1. The first-order chi connectivity index (χ1) is 7.04. The van der Waals surface area contributed by atoms with Gasteiger partial charge in [0.25, 0.3) is 0 Å². The summed E-state index contributed by atoms with van der Waals surface area (Å²) in [5, 5.41) is 0.556. The van der Waals surface area contributed by atoms with Gasteiger partial charge in [0, 0.05) is 29.7 Å². The number of benzene rings is 1. The molecule has 0 aliphatic carbocycles. The lowest BCUT2D eigenvalue weighted by atomic mass is 10.2. The van der Waals surface area contributed by atoms with Gasteiger partial charge in [0.15, 0.2) is 0 Å². The lowest BCUT2D eigenvalue weighted by Crippen LogP contribution is -2.34. The van der Waals surface area contributed by atoms with Gasteiger partial charge in [-0.05, 0) is 32.2 Å². The van der Waals surface area contributed by atoms with Gasteiger partial charge in [-0.15, -0.1) is 0 Å². The molecule has 4 heteroatoms. The number of nitrogens with two attached hydrogens (primary N) is 1. The molecule has 1 aromatic carbocycles. The Morgan fingerprint density at radius 1 is 1.53 bits per heavy atom. The predicted molar refractivity (Wildman–Crippen MR) is 61.4 cm³/mol. The SMILES string of the molecule is CC(CN)N(C)Cc1cc(Cl)ccc1F. The molecule has 0 aliphatic heterocycles. The van der Waals surface area contributed by atoms with E-state index < -0.39 is 0 Å². The summed E-state index contributed by atoms with van der Waals surface area (Å²) >= 11 is 5.80. The summed E-state index contributed by atoms with van der Waals surface area (Å²) in [5.41, 5.74) is 6.14. The first kappa shape index (κ1) is 12.4. The van der Waals surface area contributed by atoms with Crippen LogP contribution < -0.4 is 5.73 Å². The molecule has 0 amide bonds. The number of rotatable bonds is 4. The molecule has 1 aromatic rings. The molecular weight excluding hydrogens is 215 g/mol. The Hall–Kier alpha value is -0.640. The van der Waals surface area contributed by atoms with Crippen molar-refractivity contribution in [2.45, 2.75) is 19.5 Å². The first-order valence-electron chi connectivity index (χ1n) is 4.89. The zero-order valence-corrected chi connectivity index (χ0v) is 9.76. The van der Waals surface area contributed by atoms with Crippen molar-refractivity contribution in [1.82, 2.24) is 4.90 Å². The summed E-state index contributed by atoms with van der Waals surface area (Å²) in [6.45, 7) is 3.08. The third-order valence-electron chi connectivity index (χ3n) is 2.52. The second-order valence-electron chi connectivity index (χ2n) is 3.74. The van der Waals surface area contributed by atoms with E-state index in [2.05, 4.69) is 0 Å². The maximum Gasteiger partial charge on any atom is 0.127 e. The van der Waals surface area contributed by atoms with E-state index in [1.165, 1.54) is 6.07 Å². The fourth-order valence-electron chi connectivity index (χ4n) is 1.27. The van der Waals surface area contributed by atoms with E-state index in [1.807, 2.05) is 18.9 Å². The van der Waals surface area contributed by atoms with Crippen LogP contribution in [0.3, 0.4) is 0 Å². The molecule has 2 N–H and O–H groups in total. The highest BCUT2D eigenvalue weighted by molar-refractivity contribution is 6.30. The van der Waals surface area contributed by atoms with Crippen LogP contribution in [0.5, 0.6) is 0 Å². The van der Waals surface area contributed by atoms with Gasteiger partial charge in [-0.3, -0.25) is 4.90 Å². The number of halogens is 2. The molecule has 0 saturated heterocycles. The van der Waals surface area contributed by atoms with E-state index in [4.69, 9.17) is 17.3 Å². The average molecular weight is 231 g/mol. The van der Waals surface area contributed by atoms with Crippen LogP contribution in [0.25, 0.3) is 0 Å². The molecule has 0 saturated carbocycles. The summed E-state index contributed by atoms with van der Waals surface area (Å²) in [4.78, 5) is 1.99.